The molecule has 1 N–H and O–H groups in total. The Hall–Kier alpha value is -1.25. The van der Waals surface area contributed by atoms with Crippen molar-refractivity contribution in [1.82, 2.24) is 5.32 Å². The summed E-state index contributed by atoms with van der Waals surface area (Å²) in [5.41, 5.74) is 0. The molecular weight excluding hydrogens is 988 g/mol. The monoisotopic (exact) mass is 1120 g/mol. The van der Waals surface area contributed by atoms with Crippen LogP contribution in [0.15, 0.2) is 12.2 Å². The lowest BCUT2D eigenvalue weighted by Crippen LogP contribution is -2.47. The van der Waals surface area contributed by atoms with E-state index in [2.05, 4.69) is 26.1 Å². The summed E-state index contributed by atoms with van der Waals surface area (Å²) in [5.74, 6) is -0.515. The molecule has 464 valence electrons. The van der Waals surface area contributed by atoms with E-state index in [0.717, 1.165) is 57.8 Å². The van der Waals surface area contributed by atoms with Gasteiger partial charge in [-0.2, -0.15) is 0 Å². The summed E-state index contributed by atoms with van der Waals surface area (Å²) in [6, 6.07) is -0.880. The molecule has 0 aromatic heterocycles. The summed E-state index contributed by atoms with van der Waals surface area (Å²) in [6.45, 7) is 6.91. The lowest BCUT2D eigenvalue weighted by atomic mass is 10.0. The molecule has 0 radical (unpaired) electrons. The molecule has 78 heavy (non-hydrogen) atoms. The molecule has 3 atom stereocenters. The number of phosphoric ester groups is 1. The van der Waals surface area contributed by atoms with Crippen LogP contribution in [0.1, 0.15) is 361 Å². The minimum absolute atomic E-state index is 0.0165. The number of esters is 1. The first-order valence-electron chi connectivity index (χ1n) is 34.5. The topological polar surface area (TPSA) is 114 Å². The van der Waals surface area contributed by atoms with Gasteiger partial charge in [0.25, 0.3) is 7.82 Å². The molecular formula is C68H135N2O7P. The second-order valence-corrected chi connectivity index (χ2v) is 26.5. The van der Waals surface area contributed by atoms with Crippen molar-refractivity contribution >= 4 is 19.7 Å². The smallest absolute Gasteiger partial charge is 0.306 e. The van der Waals surface area contributed by atoms with Crippen LogP contribution in [0.3, 0.4) is 0 Å². The Bertz CT molecular complexity index is 1340. The molecule has 0 aliphatic carbocycles. The summed E-state index contributed by atoms with van der Waals surface area (Å²) >= 11 is 0. The second-order valence-electron chi connectivity index (χ2n) is 25.1. The predicted molar refractivity (Wildman–Crippen MR) is 335 cm³/mol. The number of amides is 1. The van der Waals surface area contributed by atoms with E-state index in [9.17, 15) is 19.0 Å². The Morgan fingerprint density at radius 2 is 0.731 bits per heavy atom. The first kappa shape index (κ1) is 76.8. The molecule has 0 rings (SSSR count). The van der Waals surface area contributed by atoms with Gasteiger partial charge in [-0.05, 0) is 31.8 Å². The molecule has 10 heteroatoms. The van der Waals surface area contributed by atoms with Gasteiger partial charge in [0.1, 0.15) is 19.3 Å². The zero-order valence-corrected chi connectivity index (χ0v) is 54.1. The molecule has 0 aliphatic rings. The van der Waals surface area contributed by atoms with Crippen LogP contribution in [0.2, 0.25) is 0 Å². The maximum absolute atomic E-state index is 13.6. The molecule has 0 saturated carbocycles. The van der Waals surface area contributed by atoms with Gasteiger partial charge in [-0.1, -0.05) is 329 Å². The van der Waals surface area contributed by atoms with E-state index in [-0.39, 0.29) is 31.5 Å². The van der Waals surface area contributed by atoms with E-state index in [1.165, 1.54) is 270 Å². The lowest BCUT2D eigenvalue weighted by molar-refractivity contribution is -0.870. The summed E-state index contributed by atoms with van der Waals surface area (Å²) in [5, 5.41) is 3.05. The van der Waals surface area contributed by atoms with Gasteiger partial charge in [0.15, 0.2) is 0 Å². The van der Waals surface area contributed by atoms with E-state index >= 15 is 0 Å². The Kier molecular flexibility index (Phi) is 58.0. The number of ether oxygens (including phenoxy) is 1. The van der Waals surface area contributed by atoms with Gasteiger partial charge in [0, 0.05) is 12.8 Å². The molecule has 0 saturated heterocycles. The number of likely N-dealkylation sites (N-methyl/N-ethyl adjacent to an activating group) is 1. The van der Waals surface area contributed by atoms with Gasteiger partial charge >= 0.3 is 5.97 Å². The highest BCUT2D eigenvalue weighted by Crippen LogP contribution is 2.38. The SMILES string of the molecule is CCCCCCCCCCCCC/C=C\C(OC(=O)CCCCCCCCCCCCCCCC)C(COP(=O)([O-])OCC[N+](C)(C)C)NC(=O)CCCCCCCCCCCCCCCCCCCCCCCCCCC. The van der Waals surface area contributed by atoms with Crippen LogP contribution in [-0.2, 0) is 27.9 Å². The minimum atomic E-state index is -4.69. The third-order valence-electron chi connectivity index (χ3n) is 16.0. The van der Waals surface area contributed by atoms with E-state index < -0.39 is 20.0 Å². The maximum atomic E-state index is 13.6. The van der Waals surface area contributed by atoms with Crippen LogP contribution in [0.25, 0.3) is 0 Å². The largest absolute Gasteiger partial charge is 0.756 e. The van der Waals surface area contributed by atoms with Crippen molar-refractivity contribution in [3.8, 4) is 0 Å². The van der Waals surface area contributed by atoms with Crippen LogP contribution < -0.4 is 10.2 Å². The second kappa shape index (κ2) is 58.9. The van der Waals surface area contributed by atoms with Crippen LogP contribution in [-0.4, -0.2) is 69.4 Å². The number of carbonyl (C=O) groups excluding carboxylic acids is 2. The number of hydrogen-bond acceptors (Lipinski definition) is 7. The van der Waals surface area contributed by atoms with Crippen molar-refractivity contribution in [2.75, 3.05) is 40.9 Å². The highest BCUT2D eigenvalue weighted by Gasteiger charge is 2.27. The van der Waals surface area contributed by atoms with Crippen molar-refractivity contribution < 1.29 is 37.3 Å². The number of unbranched alkanes of at least 4 members (excludes halogenated alkanes) is 48. The Morgan fingerprint density at radius 1 is 0.436 bits per heavy atom. The molecule has 0 fully saturated rings. The Labute approximate surface area is 486 Å². The lowest BCUT2D eigenvalue weighted by Gasteiger charge is -2.30. The van der Waals surface area contributed by atoms with Crippen molar-refractivity contribution in [3.63, 3.8) is 0 Å². The molecule has 9 nitrogen and oxygen atoms in total. The van der Waals surface area contributed by atoms with Crippen molar-refractivity contribution in [2.24, 2.45) is 0 Å². The van der Waals surface area contributed by atoms with Crippen LogP contribution in [0.4, 0.5) is 0 Å². The quantitative estimate of drug-likeness (QED) is 0.0212. The number of quaternary nitrogens is 1. The van der Waals surface area contributed by atoms with Gasteiger partial charge in [0.2, 0.25) is 5.91 Å². The molecule has 0 spiro atoms. The fourth-order valence-electron chi connectivity index (χ4n) is 10.6. The first-order chi connectivity index (χ1) is 37.9. The maximum Gasteiger partial charge on any atom is 0.306 e. The van der Waals surface area contributed by atoms with Gasteiger partial charge < -0.3 is 28.5 Å². The molecule has 3 unspecified atom stereocenters. The highest BCUT2D eigenvalue weighted by molar-refractivity contribution is 7.45. The standard InChI is InChI=1S/C68H135N2O7P/c1-7-10-13-16-19-22-25-28-30-31-32-33-34-35-36-37-38-39-40-42-45-48-51-54-57-60-67(71)69-65(64-76-78(73,74)75-63-62-70(4,5)6)66(59-56-53-50-47-44-41-27-24-21-18-15-12-9-3)77-68(72)61-58-55-52-49-46-43-29-26-23-20-17-14-11-8-2/h56,59,65-66H,7-55,57-58,60-64H2,1-6H3,(H-,69,71,73,74)/b59-56-. The number of nitrogens with zero attached hydrogens (tertiary/aromatic N) is 1. The molecule has 0 heterocycles. The van der Waals surface area contributed by atoms with Gasteiger partial charge in [-0.15, -0.1) is 0 Å². The molecule has 0 aromatic carbocycles. The van der Waals surface area contributed by atoms with E-state index in [0.29, 0.717) is 17.4 Å². The average Bonchev–Trinajstić information content (AvgIpc) is 3.40. The predicted octanol–water partition coefficient (Wildman–Crippen LogP) is 20.9. The van der Waals surface area contributed by atoms with Crippen LogP contribution in [0, 0.1) is 0 Å². The fraction of sp³-hybridized carbons (Fsp3) is 0.941. The van der Waals surface area contributed by atoms with E-state index in [1.807, 2.05) is 33.3 Å². The zero-order chi connectivity index (χ0) is 57.2. The minimum Gasteiger partial charge on any atom is -0.756 e. The van der Waals surface area contributed by atoms with Crippen molar-refractivity contribution in [2.45, 2.75) is 373 Å². The van der Waals surface area contributed by atoms with Gasteiger partial charge in [-0.3, -0.25) is 14.2 Å². The Balaban J connectivity index is 5.02. The zero-order valence-electron chi connectivity index (χ0n) is 53.2. The third-order valence-corrected chi connectivity index (χ3v) is 16.9. The van der Waals surface area contributed by atoms with Crippen molar-refractivity contribution in [1.29, 1.82) is 0 Å². The van der Waals surface area contributed by atoms with E-state index in [1.54, 1.807) is 0 Å². The summed E-state index contributed by atoms with van der Waals surface area (Å²) in [7, 11) is 1.21. The van der Waals surface area contributed by atoms with Crippen LogP contribution >= 0.6 is 7.82 Å². The first-order valence-corrected chi connectivity index (χ1v) is 36.0. The summed E-state index contributed by atoms with van der Waals surface area (Å²) < 4.78 is 30.4. The fourth-order valence-corrected chi connectivity index (χ4v) is 11.4. The third kappa shape index (κ3) is 59.4. The number of nitrogens with one attached hydrogen (secondary N) is 1. The van der Waals surface area contributed by atoms with E-state index in [4.69, 9.17) is 13.8 Å². The normalized spacial score (nSPS) is 13.6. The highest BCUT2D eigenvalue weighted by atomic mass is 31.2. The summed E-state index contributed by atoms with van der Waals surface area (Å²) in [4.78, 5) is 40.1. The number of carbonyl (C=O) groups is 2. The van der Waals surface area contributed by atoms with Gasteiger partial charge in [-0.25, -0.2) is 0 Å². The molecule has 1 amide bonds. The Morgan fingerprint density at radius 3 is 1.05 bits per heavy atom. The summed E-state index contributed by atoms with van der Waals surface area (Å²) in [6.07, 6.45) is 69.0. The number of phosphoric acid groups is 1. The van der Waals surface area contributed by atoms with Crippen molar-refractivity contribution in [3.05, 3.63) is 12.2 Å². The molecule has 0 aromatic rings. The number of rotatable bonds is 64. The van der Waals surface area contributed by atoms with Crippen LogP contribution in [0.5, 0.6) is 0 Å². The molecule has 0 bridgehead atoms. The van der Waals surface area contributed by atoms with Gasteiger partial charge in [0.05, 0.1) is 33.8 Å². The average molecular weight is 1120 g/mol. The number of allylic oxidation sites excluding steroid dienone is 1. The number of hydrogen-bond donors (Lipinski definition) is 1. The molecule has 0 aliphatic heterocycles.